The van der Waals surface area contributed by atoms with Crippen LogP contribution in [-0.4, -0.2) is 22.0 Å². The lowest BCUT2D eigenvalue weighted by Crippen LogP contribution is -2.26. The fraction of sp³-hybridized carbons (Fsp3) is 0.120. The largest absolute Gasteiger partial charge is 0.352 e. The number of hydrogen-bond acceptors (Lipinski definition) is 2. The molecule has 4 aromatic rings. The normalized spacial score (nSPS) is 10.8. The van der Waals surface area contributed by atoms with Crippen LogP contribution in [0.2, 0.25) is 5.02 Å². The molecule has 0 saturated carbocycles. The summed E-state index contributed by atoms with van der Waals surface area (Å²) >= 11 is 6.05. The highest BCUT2D eigenvalue weighted by atomic mass is 35.5. The molecular formula is C25H21ClFN3O. The molecule has 0 fully saturated rings. The van der Waals surface area contributed by atoms with Gasteiger partial charge in [-0.2, -0.15) is 0 Å². The van der Waals surface area contributed by atoms with E-state index in [1.54, 1.807) is 24.4 Å². The number of carbonyl (C=O) groups is 1. The number of benzene rings is 2. The molecule has 0 atom stereocenters. The van der Waals surface area contributed by atoms with Gasteiger partial charge >= 0.3 is 0 Å². The van der Waals surface area contributed by atoms with Crippen molar-refractivity contribution in [2.24, 2.45) is 0 Å². The lowest BCUT2D eigenvalue weighted by atomic mass is 10.1. The zero-order chi connectivity index (χ0) is 21.8. The molecule has 1 N–H and O–H groups in total. The summed E-state index contributed by atoms with van der Waals surface area (Å²) in [6.45, 7) is 2.33. The molecule has 0 saturated heterocycles. The third-order valence-electron chi connectivity index (χ3n) is 5.09. The van der Waals surface area contributed by atoms with Gasteiger partial charge in [-0.05, 0) is 61.0 Å². The van der Waals surface area contributed by atoms with Crippen LogP contribution in [0, 0.1) is 12.7 Å². The molecule has 0 radical (unpaired) electrons. The minimum absolute atomic E-state index is 0.182. The van der Waals surface area contributed by atoms with Crippen LogP contribution in [-0.2, 0) is 6.42 Å². The number of nitrogens with one attached hydrogen (secondary N) is 1. The Bertz CT molecular complexity index is 1200. The highest BCUT2D eigenvalue weighted by molar-refractivity contribution is 6.30. The molecule has 2 aromatic carbocycles. The van der Waals surface area contributed by atoms with E-state index in [4.69, 9.17) is 11.6 Å². The number of pyridine rings is 1. The number of hydrogen-bond donors (Lipinski definition) is 1. The van der Waals surface area contributed by atoms with Crippen molar-refractivity contribution in [3.05, 3.63) is 107 Å². The van der Waals surface area contributed by atoms with E-state index in [1.807, 2.05) is 54.0 Å². The Kier molecular flexibility index (Phi) is 6.14. The van der Waals surface area contributed by atoms with Gasteiger partial charge in [-0.15, -0.1) is 0 Å². The van der Waals surface area contributed by atoms with Gasteiger partial charge in [0.1, 0.15) is 5.82 Å². The smallest absolute Gasteiger partial charge is 0.253 e. The Morgan fingerprint density at radius 2 is 1.87 bits per heavy atom. The lowest BCUT2D eigenvalue weighted by Gasteiger charge is -2.13. The van der Waals surface area contributed by atoms with Gasteiger partial charge in [0.25, 0.3) is 5.91 Å². The molecule has 4 rings (SSSR count). The third kappa shape index (κ3) is 4.67. The molecule has 1 amide bonds. The van der Waals surface area contributed by atoms with E-state index in [0.717, 1.165) is 22.6 Å². The molecule has 0 aliphatic rings. The molecule has 156 valence electrons. The second kappa shape index (κ2) is 9.14. The second-order valence-electron chi connectivity index (χ2n) is 7.18. The van der Waals surface area contributed by atoms with E-state index in [1.165, 1.54) is 12.1 Å². The Labute approximate surface area is 185 Å². The highest BCUT2D eigenvalue weighted by Crippen LogP contribution is 2.30. The number of amides is 1. The molecule has 31 heavy (non-hydrogen) atoms. The van der Waals surface area contributed by atoms with Crippen LogP contribution in [0.4, 0.5) is 4.39 Å². The first-order chi connectivity index (χ1) is 15.0. The minimum atomic E-state index is -0.339. The Morgan fingerprint density at radius 1 is 1.06 bits per heavy atom. The van der Waals surface area contributed by atoms with Crippen LogP contribution >= 0.6 is 11.6 Å². The van der Waals surface area contributed by atoms with Crippen LogP contribution in [0.5, 0.6) is 0 Å². The van der Waals surface area contributed by atoms with Gasteiger partial charge in [0.15, 0.2) is 0 Å². The molecular weight excluding hydrogens is 413 g/mol. The van der Waals surface area contributed by atoms with Gasteiger partial charge in [0, 0.05) is 41.3 Å². The van der Waals surface area contributed by atoms with Gasteiger partial charge in [0.05, 0.1) is 11.3 Å². The third-order valence-corrected chi connectivity index (χ3v) is 5.34. The van der Waals surface area contributed by atoms with Crippen LogP contribution in [0.15, 0.2) is 79.0 Å². The topological polar surface area (TPSA) is 46.9 Å². The summed E-state index contributed by atoms with van der Waals surface area (Å²) in [5.41, 5.74) is 4.49. The average Bonchev–Trinajstić information content (AvgIpc) is 3.12. The first kappa shape index (κ1) is 20.8. The van der Waals surface area contributed by atoms with E-state index in [-0.39, 0.29) is 11.7 Å². The maximum atomic E-state index is 13.9. The van der Waals surface area contributed by atoms with Crippen molar-refractivity contribution >= 4 is 17.5 Å². The van der Waals surface area contributed by atoms with Gasteiger partial charge in [-0.1, -0.05) is 35.9 Å². The molecule has 2 aromatic heterocycles. The molecule has 0 unspecified atom stereocenters. The first-order valence-corrected chi connectivity index (χ1v) is 10.3. The zero-order valence-electron chi connectivity index (χ0n) is 17.0. The monoisotopic (exact) mass is 433 g/mol. The zero-order valence-corrected chi connectivity index (χ0v) is 17.7. The van der Waals surface area contributed by atoms with Crippen molar-refractivity contribution < 1.29 is 9.18 Å². The minimum Gasteiger partial charge on any atom is -0.352 e. The quantitative estimate of drug-likeness (QED) is 0.429. The van der Waals surface area contributed by atoms with Crippen molar-refractivity contribution in [3.63, 3.8) is 0 Å². The first-order valence-electron chi connectivity index (χ1n) is 9.95. The summed E-state index contributed by atoms with van der Waals surface area (Å²) in [5, 5.41) is 3.59. The maximum Gasteiger partial charge on any atom is 0.253 e. The number of carbonyl (C=O) groups excluding carboxylic acids is 1. The van der Waals surface area contributed by atoms with Crippen LogP contribution < -0.4 is 5.32 Å². The molecule has 0 bridgehead atoms. The summed E-state index contributed by atoms with van der Waals surface area (Å²) in [4.78, 5) is 17.2. The van der Waals surface area contributed by atoms with Crippen molar-refractivity contribution in [2.75, 3.05) is 6.54 Å². The van der Waals surface area contributed by atoms with E-state index in [0.29, 0.717) is 29.2 Å². The number of aromatic nitrogens is 2. The van der Waals surface area contributed by atoms with Gasteiger partial charge in [-0.3, -0.25) is 9.78 Å². The second-order valence-corrected chi connectivity index (χ2v) is 7.61. The number of halogens is 2. The fourth-order valence-corrected chi connectivity index (χ4v) is 3.69. The Hall–Kier alpha value is -3.44. The van der Waals surface area contributed by atoms with Gasteiger partial charge in [0.2, 0.25) is 0 Å². The predicted octanol–water partition coefficient (Wildman–Crippen LogP) is 5.61. The number of nitrogens with zero attached hydrogens (tertiary/aromatic N) is 2. The van der Waals surface area contributed by atoms with Crippen molar-refractivity contribution in [3.8, 4) is 16.9 Å². The maximum absolute atomic E-state index is 13.9. The fourth-order valence-electron chi connectivity index (χ4n) is 3.56. The van der Waals surface area contributed by atoms with E-state index >= 15 is 0 Å². The van der Waals surface area contributed by atoms with Gasteiger partial charge < -0.3 is 9.88 Å². The van der Waals surface area contributed by atoms with Crippen LogP contribution in [0.3, 0.4) is 0 Å². The molecule has 6 heteroatoms. The van der Waals surface area contributed by atoms with Crippen LogP contribution in [0.1, 0.15) is 21.7 Å². The summed E-state index contributed by atoms with van der Waals surface area (Å²) in [6, 6.07) is 21.2. The highest BCUT2D eigenvalue weighted by Gasteiger charge is 2.20. The van der Waals surface area contributed by atoms with Gasteiger partial charge in [-0.25, -0.2) is 4.39 Å². The number of rotatable bonds is 6. The SMILES string of the molecule is Cc1c(C(=O)NCCc2ccccn2)cc(-c2ccc(Cl)cc2)n1-c1cccc(F)c1. The summed E-state index contributed by atoms with van der Waals surface area (Å²) in [5.74, 6) is -0.521. The van der Waals surface area contributed by atoms with Crippen molar-refractivity contribution in [1.82, 2.24) is 14.9 Å². The predicted molar refractivity (Wildman–Crippen MR) is 121 cm³/mol. The van der Waals surface area contributed by atoms with E-state index in [2.05, 4.69) is 10.3 Å². The van der Waals surface area contributed by atoms with Crippen molar-refractivity contribution in [1.29, 1.82) is 0 Å². The summed E-state index contributed by atoms with van der Waals surface area (Å²) < 4.78 is 15.8. The molecule has 0 aliphatic heterocycles. The Morgan fingerprint density at radius 3 is 2.58 bits per heavy atom. The van der Waals surface area contributed by atoms with E-state index in [9.17, 15) is 9.18 Å². The summed E-state index contributed by atoms with van der Waals surface area (Å²) in [7, 11) is 0. The molecule has 0 spiro atoms. The average molecular weight is 434 g/mol. The molecule has 0 aliphatic carbocycles. The Balaban J connectivity index is 1.67. The standard InChI is InChI=1S/C25H21ClFN3O/c1-17-23(25(31)29-14-12-21-6-2-3-13-28-21)16-24(18-8-10-19(26)11-9-18)30(17)22-7-4-5-20(27)15-22/h2-11,13,15-16H,12,14H2,1H3,(H,29,31). The summed E-state index contributed by atoms with van der Waals surface area (Å²) in [6.07, 6.45) is 2.37. The van der Waals surface area contributed by atoms with E-state index < -0.39 is 0 Å². The lowest BCUT2D eigenvalue weighted by molar-refractivity contribution is 0.0953. The van der Waals surface area contributed by atoms with Crippen LogP contribution in [0.25, 0.3) is 16.9 Å². The molecule has 4 nitrogen and oxygen atoms in total. The molecule has 2 heterocycles. The van der Waals surface area contributed by atoms with Crippen molar-refractivity contribution in [2.45, 2.75) is 13.3 Å².